The van der Waals surface area contributed by atoms with E-state index in [9.17, 15) is 24.0 Å². The summed E-state index contributed by atoms with van der Waals surface area (Å²) < 4.78 is 12.2. The lowest BCUT2D eigenvalue weighted by molar-refractivity contribution is -0.143. The highest BCUT2D eigenvalue weighted by molar-refractivity contribution is 5.96. The van der Waals surface area contributed by atoms with Gasteiger partial charge in [-0.2, -0.15) is 0 Å². The number of nitrogens with zero attached hydrogens (tertiary/aromatic N) is 1. The number of nitrogens with one attached hydrogen (secondary N) is 1. The third kappa shape index (κ3) is 15.0. The minimum absolute atomic E-state index is 0.0185. The predicted molar refractivity (Wildman–Crippen MR) is 225 cm³/mol. The molecule has 1 aliphatic heterocycles. The number of fused-ring (bicyclic) bond motifs is 5. The lowest BCUT2D eigenvalue weighted by Gasteiger charge is -2.32. The van der Waals surface area contributed by atoms with Crippen molar-refractivity contribution in [3.63, 3.8) is 0 Å². The van der Waals surface area contributed by atoms with Crippen LogP contribution in [0.5, 0.6) is 11.5 Å². The van der Waals surface area contributed by atoms with Gasteiger partial charge in [0.2, 0.25) is 11.8 Å². The Balaban J connectivity index is 1.92. The van der Waals surface area contributed by atoms with Crippen LogP contribution in [0, 0.1) is 11.8 Å². The fourth-order valence-electron chi connectivity index (χ4n) is 7.46. The molecule has 12 nitrogen and oxygen atoms in total. The summed E-state index contributed by atoms with van der Waals surface area (Å²) in [5, 5.41) is 2.84. The zero-order chi connectivity index (χ0) is 41.7. The second kappa shape index (κ2) is 25.3. The molecule has 1 aliphatic rings. The molecular weight excluding hydrogens is 723 g/mol. The first-order valence-electron chi connectivity index (χ1n) is 21.2. The predicted octanol–water partition coefficient (Wildman–Crippen LogP) is 5.99. The van der Waals surface area contributed by atoms with E-state index in [1.54, 1.807) is 31.2 Å². The van der Waals surface area contributed by atoms with Gasteiger partial charge in [0.25, 0.3) is 0 Å². The third-order valence-corrected chi connectivity index (χ3v) is 10.8. The average Bonchev–Trinajstić information content (AvgIpc) is 3.19. The summed E-state index contributed by atoms with van der Waals surface area (Å²) in [6.45, 7) is 6.17. The van der Waals surface area contributed by atoms with E-state index in [-0.39, 0.29) is 69.5 Å². The van der Waals surface area contributed by atoms with E-state index in [1.165, 1.54) is 70.2 Å². The molecular formula is C45H69N5O7. The summed E-state index contributed by atoms with van der Waals surface area (Å²) in [5.41, 5.74) is 20.2. The van der Waals surface area contributed by atoms with Crippen LogP contribution in [0.15, 0.2) is 36.4 Å². The molecule has 3 rings (SSSR count). The van der Waals surface area contributed by atoms with Gasteiger partial charge in [-0.3, -0.25) is 24.0 Å². The van der Waals surface area contributed by atoms with Gasteiger partial charge in [0, 0.05) is 63.0 Å². The molecule has 4 bridgehead atoms. The quantitative estimate of drug-likeness (QED) is 0.0917. The Morgan fingerprint density at radius 3 is 1.93 bits per heavy atom. The van der Waals surface area contributed by atoms with Crippen molar-refractivity contribution >= 4 is 29.2 Å². The lowest BCUT2D eigenvalue weighted by Crippen LogP contribution is -2.45. The highest BCUT2D eigenvalue weighted by Crippen LogP contribution is 2.40. The molecule has 1 heterocycles. The van der Waals surface area contributed by atoms with E-state index < -0.39 is 35.7 Å². The van der Waals surface area contributed by atoms with Crippen LogP contribution >= 0.6 is 0 Å². The minimum atomic E-state index is -1.13. The number of hydrogen-bond donors (Lipinski definition) is 4. The second-order valence-corrected chi connectivity index (χ2v) is 15.6. The van der Waals surface area contributed by atoms with E-state index in [0.29, 0.717) is 34.6 Å². The van der Waals surface area contributed by atoms with Crippen molar-refractivity contribution in [2.24, 2.45) is 29.0 Å². The highest BCUT2D eigenvalue weighted by Gasteiger charge is 2.35. The molecule has 2 aromatic carbocycles. The number of nitrogens with two attached hydrogens (primary N) is 3. The maximum Gasteiger partial charge on any atom is 0.228 e. The van der Waals surface area contributed by atoms with E-state index in [0.717, 1.165) is 24.8 Å². The van der Waals surface area contributed by atoms with Crippen LogP contribution in [0.4, 0.5) is 0 Å². The lowest BCUT2D eigenvalue weighted by atomic mass is 9.89. The largest absolute Gasteiger partial charge is 0.492 e. The normalized spacial score (nSPS) is 17.6. The number of rotatable bonds is 24. The first-order chi connectivity index (χ1) is 27.4. The molecule has 0 saturated heterocycles. The Kier molecular flexibility index (Phi) is 21.0. The van der Waals surface area contributed by atoms with Crippen molar-refractivity contribution in [3.8, 4) is 22.6 Å². The number of ketones is 3. The van der Waals surface area contributed by atoms with Gasteiger partial charge in [-0.25, -0.2) is 0 Å². The summed E-state index contributed by atoms with van der Waals surface area (Å²) in [7, 11) is 1.54. The van der Waals surface area contributed by atoms with Gasteiger partial charge in [0.1, 0.15) is 36.5 Å². The third-order valence-electron chi connectivity index (χ3n) is 10.8. The Hall–Kier alpha value is -4.13. The summed E-state index contributed by atoms with van der Waals surface area (Å²) in [4.78, 5) is 69.4. The molecule has 0 fully saturated rings. The molecule has 2 aromatic rings. The number of amides is 2. The number of ether oxygens (including phenoxy) is 2. The van der Waals surface area contributed by atoms with Crippen molar-refractivity contribution in [2.45, 2.75) is 129 Å². The van der Waals surface area contributed by atoms with Crippen LogP contribution in [0.2, 0.25) is 0 Å². The van der Waals surface area contributed by atoms with Crippen LogP contribution in [0.3, 0.4) is 0 Å². The number of hydrogen-bond acceptors (Lipinski definition) is 10. The molecule has 2 amide bonds. The van der Waals surface area contributed by atoms with E-state index in [4.69, 9.17) is 26.7 Å². The molecule has 4 atom stereocenters. The summed E-state index contributed by atoms with van der Waals surface area (Å²) in [6.07, 6.45) is 13.3. The SMILES string of the molecule is CCCCCCCCCCCCCC(=O)C[C@@H](CN)C(=O)N(C)[C@@H]1C(=O)C[C@@H](C)C(=O)N[C@H](C(C)=O)Cc2ccc(OCCN)c(c2)-c2cc1ccc2OCCN. The van der Waals surface area contributed by atoms with Gasteiger partial charge < -0.3 is 36.9 Å². The van der Waals surface area contributed by atoms with Crippen molar-refractivity contribution < 1.29 is 33.4 Å². The molecule has 12 heteroatoms. The smallest absolute Gasteiger partial charge is 0.228 e. The monoisotopic (exact) mass is 792 g/mol. The minimum Gasteiger partial charge on any atom is -0.492 e. The Bertz CT molecular complexity index is 1610. The molecule has 7 N–H and O–H groups in total. The number of unbranched alkanes of at least 4 members (excludes halogenated alkanes) is 10. The summed E-state index contributed by atoms with van der Waals surface area (Å²) >= 11 is 0. The second-order valence-electron chi connectivity index (χ2n) is 15.6. The van der Waals surface area contributed by atoms with E-state index >= 15 is 0 Å². The van der Waals surface area contributed by atoms with Crippen molar-refractivity contribution in [1.82, 2.24) is 10.2 Å². The molecule has 0 unspecified atom stereocenters. The molecule has 0 aliphatic carbocycles. The molecule has 0 spiro atoms. The number of likely N-dealkylation sites (N-methyl/N-ethyl adjacent to an activating group) is 1. The Labute approximate surface area is 340 Å². The highest BCUT2D eigenvalue weighted by atomic mass is 16.5. The van der Waals surface area contributed by atoms with Crippen LogP contribution in [0.25, 0.3) is 11.1 Å². The van der Waals surface area contributed by atoms with Crippen LogP contribution < -0.4 is 32.0 Å². The fourth-order valence-corrected chi connectivity index (χ4v) is 7.46. The van der Waals surface area contributed by atoms with E-state index in [2.05, 4.69) is 12.2 Å². The molecule has 0 radical (unpaired) electrons. The summed E-state index contributed by atoms with van der Waals surface area (Å²) in [5.74, 6) is -2.19. The van der Waals surface area contributed by atoms with Gasteiger partial charge in [-0.15, -0.1) is 0 Å². The van der Waals surface area contributed by atoms with Gasteiger partial charge >= 0.3 is 0 Å². The average molecular weight is 792 g/mol. The zero-order valence-electron chi connectivity index (χ0n) is 35.0. The zero-order valence-corrected chi connectivity index (χ0v) is 35.0. The van der Waals surface area contributed by atoms with Crippen molar-refractivity contribution in [3.05, 3.63) is 47.5 Å². The van der Waals surface area contributed by atoms with Crippen LogP contribution in [-0.2, 0) is 30.4 Å². The van der Waals surface area contributed by atoms with Crippen LogP contribution in [-0.4, -0.2) is 80.0 Å². The topological polar surface area (TPSA) is 197 Å². The Morgan fingerprint density at radius 1 is 0.807 bits per heavy atom. The first-order valence-corrected chi connectivity index (χ1v) is 21.2. The van der Waals surface area contributed by atoms with Gasteiger partial charge in [-0.05, 0) is 55.2 Å². The molecule has 0 saturated carbocycles. The number of carbonyl (C=O) groups excluding carboxylic acids is 5. The van der Waals surface area contributed by atoms with Crippen molar-refractivity contribution in [1.29, 1.82) is 0 Å². The standard InChI is InChI=1S/C45H69N5O7/c1-5-6-7-8-9-10-11-12-13-14-15-16-36(52)28-35(30-48)45(55)50(4)43-34-18-20-42(57-24-22-47)38(29-34)37-26-33(17-19-41(37)56-23-21-46)27-39(32(3)51)49-44(54)31(2)25-40(43)53/h17-20,26,29,31,35,39,43H,5-16,21-25,27-28,30,46-48H2,1-4H3,(H,49,54)/t31-,35+,39+,43+/m1/s1. The number of Topliss-reactive ketones (excluding diaryl/α,β-unsaturated/α-hetero) is 3. The van der Waals surface area contributed by atoms with Crippen LogP contribution in [0.1, 0.15) is 128 Å². The van der Waals surface area contributed by atoms with E-state index in [1.807, 2.05) is 12.1 Å². The molecule has 0 aromatic heterocycles. The fraction of sp³-hybridized carbons (Fsp3) is 0.622. The number of benzene rings is 2. The van der Waals surface area contributed by atoms with Gasteiger partial charge in [0.15, 0.2) is 11.6 Å². The van der Waals surface area contributed by atoms with Gasteiger partial charge in [-0.1, -0.05) is 90.2 Å². The molecule has 57 heavy (non-hydrogen) atoms. The maximum absolute atomic E-state index is 14.4. The number of carbonyl (C=O) groups is 5. The summed E-state index contributed by atoms with van der Waals surface area (Å²) in [6, 6.07) is 8.77. The Morgan fingerprint density at radius 2 is 1.37 bits per heavy atom. The molecule has 316 valence electrons. The first kappa shape index (κ1) is 47.2. The van der Waals surface area contributed by atoms with Crippen molar-refractivity contribution in [2.75, 3.05) is 39.9 Å². The van der Waals surface area contributed by atoms with Gasteiger partial charge in [0.05, 0.1) is 12.0 Å². The maximum atomic E-state index is 14.4.